The van der Waals surface area contributed by atoms with Gasteiger partial charge < -0.3 is 5.11 Å². The van der Waals surface area contributed by atoms with Crippen molar-refractivity contribution in [2.75, 3.05) is 0 Å². The van der Waals surface area contributed by atoms with Crippen LogP contribution in [-0.4, -0.2) is 18.5 Å². The minimum absolute atomic E-state index is 0.574. The van der Waals surface area contributed by atoms with Crippen LogP contribution in [0.4, 0.5) is 8.78 Å². The summed E-state index contributed by atoms with van der Waals surface area (Å²) in [6.07, 6.45) is -2.72. The van der Waals surface area contributed by atoms with E-state index in [1.807, 2.05) is 0 Å². The number of rotatable bonds is 2. The minimum Gasteiger partial charge on any atom is -0.505 e. The number of sulfonamides is 1. The molecule has 9 heteroatoms. The normalized spacial score (nSPS) is 11.4. The summed E-state index contributed by atoms with van der Waals surface area (Å²) in [5.41, 5.74) is -1.98. The van der Waals surface area contributed by atoms with Gasteiger partial charge in [-0.1, -0.05) is 0 Å². The van der Waals surface area contributed by atoms with Crippen LogP contribution >= 0.6 is 0 Å². The van der Waals surface area contributed by atoms with E-state index in [1.54, 1.807) is 0 Å². The molecule has 0 spiro atoms. The lowest BCUT2D eigenvalue weighted by molar-refractivity contribution is 0.146. The van der Waals surface area contributed by atoms with Crippen molar-refractivity contribution >= 4 is 10.0 Å². The smallest absolute Gasteiger partial charge is 0.268 e. The Balaban J connectivity index is 3.78. The number of hydrogen-bond donors (Lipinski definition) is 2. The van der Waals surface area contributed by atoms with Crippen LogP contribution in [-0.2, 0) is 10.0 Å². The molecule has 0 radical (unpaired) electrons. The van der Waals surface area contributed by atoms with Crippen LogP contribution in [0.25, 0.3) is 0 Å². The molecule has 0 unspecified atom stereocenters. The first-order valence-corrected chi connectivity index (χ1v) is 5.26. The molecule has 0 saturated heterocycles. The first-order valence-electron chi connectivity index (χ1n) is 3.72. The molecule has 0 aliphatic heterocycles. The quantitative estimate of drug-likeness (QED) is 0.778. The first-order chi connectivity index (χ1) is 7.29. The second kappa shape index (κ2) is 3.99. The molecule has 1 heterocycles. The Morgan fingerprint density at radius 3 is 2.50 bits per heavy atom. The van der Waals surface area contributed by atoms with Crippen molar-refractivity contribution in [1.82, 2.24) is 4.98 Å². The molecule has 1 aromatic heterocycles. The van der Waals surface area contributed by atoms with Crippen LogP contribution in [0.3, 0.4) is 0 Å². The van der Waals surface area contributed by atoms with E-state index in [4.69, 9.17) is 10.4 Å². The third-order valence-electron chi connectivity index (χ3n) is 1.66. The Hall–Kier alpha value is -1.79. The van der Waals surface area contributed by atoms with E-state index < -0.39 is 38.4 Å². The summed E-state index contributed by atoms with van der Waals surface area (Å²) in [7, 11) is -4.56. The summed E-state index contributed by atoms with van der Waals surface area (Å²) in [4.78, 5) is 2.01. The number of aromatic hydroxyl groups is 1. The Kier molecular flexibility index (Phi) is 3.06. The summed E-state index contributed by atoms with van der Waals surface area (Å²) >= 11 is 0. The number of nitrogens with two attached hydrogens (primary N) is 1. The molecule has 0 aliphatic carbocycles. The van der Waals surface area contributed by atoms with Gasteiger partial charge in [0.05, 0.1) is 11.8 Å². The fourth-order valence-electron chi connectivity index (χ4n) is 1.09. The lowest BCUT2D eigenvalue weighted by Crippen LogP contribution is -2.16. The molecule has 0 fully saturated rings. The molecule has 0 atom stereocenters. The van der Waals surface area contributed by atoms with Crippen molar-refractivity contribution < 1.29 is 22.3 Å². The molecule has 1 rings (SSSR count). The van der Waals surface area contributed by atoms with Gasteiger partial charge in [0.1, 0.15) is 11.0 Å². The van der Waals surface area contributed by atoms with Crippen LogP contribution in [0.5, 0.6) is 5.75 Å². The average Bonchev–Trinajstić information content (AvgIpc) is 2.15. The highest BCUT2D eigenvalue weighted by molar-refractivity contribution is 7.89. The summed E-state index contributed by atoms with van der Waals surface area (Å²) in [5, 5.41) is 22.3. The molecule has 0 saturated carbocycles. The van der Waals surface area contributed by atoms with E-state index in [-0.39, 0.29) is 0 Å². The largest absolute Gasteiger partial charge is 0.505 e. The second-order valence-electron chi connectivity index (χ2n) is 2.69. The maximum Gasteiger partial charge on any atom is 0.268 e. The molecule has 1 aromatic rings. The number of halogens is 2. The highest BCUT2D eigenvalue weighted by atomic mass is 32.2. The number of pyridine rings is 1. The molecule has 86 valence electrons. The number of aromatic nitrogens is 1. The van der Waals surface area contributed by atoms with E-state index in [2.05, 4.69) is 10.1 Å². The minimum atomic E-state index is -4.56. The zero-order chi connectivity index (χ0) is 12.5. The molecule has 3 N–H and O–H groups in total. The van der Waals surface area contributed by atoms with Crippen LogP contribution < -0.4 is 5.14 Å². The van der Waals surface area contributed by atoms with E-state index in [1.165, 1.54) is 6.07 Å². The molecule has 0 amide bonds. The lowest BCUT2D eigenvalue weighted by Gasteiger charge is -2.09. The number of alkyl halides is 2. The third-order valence-corrected chi connectivity index (χ3v) is 2.66. The highest BCUT2D eigenvalue weighted by Gasteiger charge is 2.28. The Bertz CT molecular complexity index is 565. The van der Waals surface area contributed by atoms with Gasteiger partial charge in [-0.3, -0.25) is 0 Å². The van der Waals surface area contributed by atoms with Gasteiger partial charge in [-0.05, 0) is 0 Å². The van der Waals surface area contributed by atoms with Gasteiger partial charge in [0, 0.05) is 0 Å². The van der Waals surface area contributed by atoms with E-state index in [0.717, 1.165) is 0 Å². The predicted octanol–water partition coefficient (Wildman–Crippen LogP) is 0.244. The van der Waals surface area contributed by atoms with Crippen molar-refractivity contribution in [3.8, 4) is 11.8 Å². The van der Waals surface area contributed by atoms with Gasteiger partial charge >= 0.3 is 0 Å². The van der Waals surface area contributed by atoms with Crippen LogP contribution in [0.15, 0.2) is 11.1 Å². The first kappa shape index (κ1) is 12.3. The van der Waals surface area contributed by atoms with Crippen molar-refractivity contribution in [3.05, 3.63) is 17.5 Å². The van der Waals surface area contributed by atoms with E-state index >= 15 is 0 Å². The van der Waals surface area contributed by atoms with Crippen molar-refractivity contribution in [1.29, 1.82) is 5.26 Å². The number of nitrogens with zero attached hydrogens (tertiary/aromatic N) is 2. The summed E-state index contributed by atoms with van der Waals surface area (Å²) in [6.45, 7) is 0. The average molecular weight is 249 g/mol. The predicted molar refractivity (Wildman–Crippen MR) is 46.9 cm³/mol. The summed E-state index contributed by atoms with van der Waals surface area (Å²) in [5.74, 6) is -1.02. The van der Waals surface area contributed by atoms with Crippen LogP contribution in [0, 0.1) is 11.3 Å². The maximum atomic E-state index is 12.6. The van der Waals surface area contributed by atoms with E-state index in [0.29, 0.717) is 6.20 Å². The van der Waals surface area contributed by atoms with Gasteiger partial charge in [0.25, 0.3) is 6.43 Å². The molecule has 6 nitrogen and oxygen atoms in total. The topological polar surface area (TPSA) is 117 Å². The Morgan fingerprint density at radius 1 is 1.56 bits per heavy atom. The maximum absolute atomic E-state index is 12.6. The standard InChI is InChI=1S/C7H5F2N3O3S/c8-7(9)5-3(1-10)12-2-4(13)6(5)16(11,14)15/h2,7,13H,(H2,11,14,15). The number of hydrogen-bond acceptors (Lipinski definition) is 5. The second-order valence-corrected chi connectivity index (χ2v) is 4.19. The fraction of sp³-hybridized carbons (Fsp3) is 0.143. The third kappa shape index (κ3) is 2.07. The van der Waals surface area contributed by atoms with Gasteiger partial charge in [0.15, 0.2) is 11.4 Å². The summed E-state index contributed by atoms with van der Waals surface area (Å²) < 4.78 is 47.1. The molecule has 0 aromatic carbocycles. The molecular weight excluding hydrogens is 244 g/mol. The molecule has 16 heavy (non-hydrogen) atoms. The van der Waals surface area contributed by atoms with Gasteiger partial charge in [-0.25, -0.2) is 27.3 Å². The Labute approximate surface area is 89.0 Å². The van der Waals surface area contributed by atoms with Crippen LogP contribution in [0.2, 0.25) is 0 Å². The fourth-order valence-corrected chi connectivity index (χ4v) is 1.93. The molecule has 0 aliphatic rings. The van der Waals surface area contributed by atoms with Gasteiger partial charge in [0.2, 0.25) is 10.0 Å². The zero-order valence-electron chi connectivity index (χ0n) is 7.55. The lowest BCUT2D eigenvalue weighted by atomic mass is 10.2. The number of primary sulfonamides is 1. The monoisotopic (exact) mass is 249 g/mol. The number of nitriles is 1. The van der Waals surface area contributed by atoms with Crippen molar-refractivity contribution in [2.45, 2.75) is 11.3 Å². The highest BCUT2D eigenvalue weighted by Crippen LogP contribution is 2.33. The van der Waals surface area contributed by atoms with Crippen LogP contribution in [0.1, 0.15) is 17.7 Å². The molecular formula is C7H5F2N3O3S. The van der Waals surface area contributed by atoms with Crippen molar-refractivity contribution in [3.63, 3.8) is 0 Å². The molecule has 0 bridgehead atoms. The SMILES string of the molecule is N#Cc1ncc(O)c(S(N)(=O)=O)c1C(F)F. The van der Waals surface area contributed by atoms with Gasteiger partial charge in [-0.15, -0.1) is 0 Å². The summed E-state index contributed by atoms with van der Waals surface area (Å²) in [6, 6.07) is 1.29. The Morgan fingerprint density at radius 2 is 2.12 bits per heavy atom. The zero-order valence-corrected chi connectivity index (χ0v) is 8.37. The van der Waals surface area contributed by atoms with Crippen molar-refractivity contribution in [2.24, 2.45) is 5.14 Å². The van der Waals surface area contributed by atoms with E-state index in [9.17, 15) is 17.2 Å². The van der Waals surface area contributed by atoms with Gasteiger partial charge in [-0.2, -0.15) is 5.26 Å².